The zero-order chi connectivity index (χ0) is 16.3. The van der Waals surface area contributed by atoms with Gasteiger partial charge >= 0.3 is 0 Å². The van der Waals surface area contributed by atoms with Crippen LogP contribution in [0, 0.1) is 10.1 Å². The molecule has 1 amide bonds. The van der Waals surface area contributed by atoms with E-state index in [0.29, 0.717) is 16.5 Å². The number of nitrogens with zero attached hydrogens (tertiary/aromatic N) is 4. The number of rotatable bonds is 3. The van der Waals surface area contributed by atoms with Crippen LogP contribution in [-0.4, -0.2) is 38.4 Å². The molecule has 1 aromatic carbocycles. The molecule has 0 bridgehead atoms. The van der Waals surface area contributed by atoms with E-state index in [-0.39, 0.29) is 17.1 Å². The second-order valence-corrected chi connectivity index (χ2v) is 6.61. The first-order valence-electron chi connectivity index (χ1n) is 6.60. The molecule has 1 saturated heterocycles. The Bertz CT molecular complexity index is 647. The molecule has 22 heavy (non-hydrogen) atoms. The van der Waals surface area contributed by atoms with Crippen LogP contribution in [0.5, 0.6) is 0 Å². The molecular weight excluding hydrogens is 304 g/mol. The number of benzene rings is 1. The van der Waals surface area contributed by atoms with E-state index < -0.39 is 4.92 Å². The van der Waals surface area contributed by atoms with Crippen LogP contribution in [0.4, 0.5) is 5.69 Å². The smallest absolute Gasteiger partial charge is 0.269 e. The third-order valence-corrected chi connectivity index (χ3v) is 3.80. The number of non-ortho nitro benzene ring substituents is 1. The van der Waals surface area contributed by atoms with E-state index in [1.807, 2.05) is 20.8 Å². The monoisotopic (exact) mass is 320 g/mol. The van der Waals surface area contributed by atoms with Gasteiger partial charge in [-0.25, -0.2) is 0 Å². The zero-order valence-corrected chi connectivity index (χ0v) is 13.3. The number of nitro groups is 1. The van der Waals surface area contributed by atoms with E-state index in [4.69, 9.17) is 0 Å². The lowest BCUT2D eigenvalue weighted by Crippen LogP contribution is -2.44. The molecule has 0 aliphatic carbocycles. The first kappa shape index (κ1) is 16.2. The summed E-state index contributed by atoms with van der Waals surface area (Å²) in [5, 5.41) is 19.2. The normalized spacial score (nSPS) is 17.7. The van der Waals surface area contributed by atoms with E-state index in [0.717, 1.165) is 0 Å². The van der Waals surface area contributed by atoms with Gasteiger partial charge in [-0.3, -0.25) is 19.8 Å². The Morgan fingerprint density at radius 1 is 1.32 bits per heavy atom. The lowest BCUT2D eigenvalue weighted by molar-refractivity contribution is -0.384. The Labute approximate surface area is 132 Å². The maximum Gasteiger partial charge on any atom is 0.269 e. The summed E-state index contributed by atoms with van der Waals surface area (Å²) in [6.07, 6.45) is 1.50. The first-order chi connectivity index (χ1) is 10.3. The van der Waals surface area contributed by atoms with Crippen LogP contribution in [0.3, 0.4) is 0 Å². The molecule has 0 atom stereocenters. The average molecular weight is 320 g/mol. The minimum absolute atomic E-state index is 0.0155. The van der Waals surface area contributed by atoms with E-state index >= 15 is 0 Å². The van der Waals surface area contributed by atoms with E-state index in [2.05, 4.69) is 10.2 Å². The van der Waals surface area contributed by atoms with Crippen molar-refractivity contribution >= 4 is 34.7 Å². The van der Waals surface area contributed by atoms with Gasteiger partial charge in [-0.15, -0.1) is 5.10 Å². The molecule has 116 valence electrons. The highest BCUT2D eigenvalue weighted by molar-refractivity contribution is 8.15. The van der Waals surface area contributed by atoms with Gasteiger partial charge in [-0.2, -0.15) is 5.10 Å². The van der Waals surface area contributed by atoms with Crippen molar-refractivity contribution in [3.63, 3.8) is 0 Å². The van der Waals surface area contributed by atoms with Crippen molar-refractivity contribution in [2.75, 3.05) is 5.75 Å². The van der Waals surface area contributed by atoms with Gasteiger partial charge in [-0.05, 0) is 38.5 Å². The molecule has 1 aliphatic heterocycles. The molecule has 1 aliphatic rings. The Morgan fingerprint density at radius 2 is 1.95 bits per heavy atom. The second kappa shape index (κ2) is 6.27. The minimum atomic E-state index is -0.455. The summed E-state index contributed by atoms with van der Waals surface area (Å²) in [5.74, 6) is 0.380. The predicted molar refractivity (Wildman–Crippen MR) is 87.2 cm³/mol. The molecule has 7 nitrogen and oxygen atoms in total. The highest BCUT2D eigenvalue weighted by Crippen LogP contribution is 2.27. The maximum absolute atomic E-state index is 11.9. The van der Waals surface area contributed by atoms with Crippen molar-refractivity contribution < 1.29 is 9.72 Å². The van der Waals surface area contributed by atoms with Gasteiger partial charge in [0.2, 0.25) is 5.91 Å². The second-order valence-electron chi connectivity index (χ2n) is 5.66. The van der Waals surface area contributed by atoms with Gasteiger partial charge < -0.3 is 0 Å². The van der Waals surface area contributed by atoms with E-state index in [1.54, 1.807) is 17.0 Å². The van der Waals surface area contributed by atoms with Crippen LogP contribution in [0.25, 0.3) is 0 Å². The Morgan fingerprint density at radius 3 is 2.50 bits per heavy atom. The largest absolute Gasteiger partial charge is 0.284 e. The lowest BCUT2D eigenvalue weighted by Gasteiger charge is -2.30. The molecule has 2 rings (SSSR count). The van der Waals surface area contributed by atoms with Gasteiger partial charge in [-0.1, -0.05) is 11.8 Å². The van der Waals surface area contributed by atoms with Crippen LogP contribution in [0.15, 0.2) is 34.5 Å². The summed E-state index contributed by atoms with van der Waals surface area (Å²) in [5.41, 5.74) is 0.383. The molecule has 0 spiro atoms. The van der Waals surface area contributed by atoms with E-state index in [1.165, 1.54) is 30.1 Å². The quantitative estimate of drug-likeness (QED) is 0.486. The summed E-state index contributed by atoms with van der Waals surface area (Å²) >= 11 is 1.35. The van der Waals surface area contributed by atoms with Crippen LogP contribution in [0.1, 0.15) is 26.3 Å². The molecule has 0 N–H and O–H groups in total. The standard InChI is InChI=1S/C14H16N4O3S/c1-14(2,3)17-12(19)9-22-13(17)16-15-8-10-4-6-11(7-5-10)18(20)21/h4-8H,9H2,1-3H3. The van der Waals surface area contributed by atoms with Crippen molar-refractivity contribution in [2.24, 2.45) is 10.2 Å². The molecule has 1 fully saturated rings. The Kier molecular flexibility index (Phi) is 4.60. The molecular formula is C14H16N4O3S. The molecule has 0 unspecified atom stereocenters. The van der Waals surface area contributed by atoms with Crippen LogP contribution in [-0.2, 0) is 4.79 Å². The maximum atomic E-state index is 11.9. The summed E-state index contributed by atoms with van der Waals surface area (Å²) in [4.78, 5) is 23.6. The van der Waals surface area contributed by atoms with Crippen molar-refractivity contribution in [3.8, 4) is 0 Å². The molecule has 1 aromatic rings. The topological polar surface area (TPSA) is 88.2 Å². The fourth-order valence-electron chi connectivity index (χ4n) is 1.92. The van der Waals surface area contributed by atoms with Gasteiger partial charge in [0, 0.05) is 17.7 Å². The number of amides is 1. The number of hydrogen-bond donors (Lipinski definition) is 0. The number of carbonyl (C=O) groups excluding carboxylic acids is 1. The molecule has 8 heteroatoms. The van der Waals surface area contributed by atoms with Gasteiger partial charge in [0.1, 0.15) is 0 Å². The summed E-state index contributed by atoms with van der Waals surface area (Å²) < 4.78 is 0. The predicted octanol–water partition coefficient (Wildman–Crippen LogP) is 2.66. The summed E-state index contributed by atoms with van der Waals surface area (Å²) in [6.45, 7) is 5.81. The van der Waals surface area contributed by atoms with Crippen molar-refractivity contribution in [1.29, 1.82) is 0 Å². The van der Waals surface area contributed by atoms with Crippen molar-refractivity contribution in [3.05, 3.63) is 39.9 Å². The van der Waals surface area contributed by atoms with Crippen LogP contribution in [0.2, 0.25) is 0 Å². The van der Waals surface area contributed by atoms with Gasteiger partial charge in [0.15, 0.2) is 5.17 Å². The summed E-state index contributed by atoms with van der Waals surface area (Å²) in [7, 11) is 0. The van der Waals surface area contributed by atoms with Crippen molar-refractivity contribution in [2.45, 2.75) is 26.3 Å². The fraction of sp³-hybridized carbons (Fsp3) is 0.357. The highest BCUT2D eigenvalue weighted by Gasteiger charge is 2.36. The van der Waals surface area contributed by atoms with Gasteiger partial charge in [0.25, 0.3) is 5.69 Å². The molecule has 0 radical (unpaired) electrons. The van der Waals surface area contributed by atoms with E-state index in [9.17, 15) is 14.9 Å². The third kappa shape index (κ3) is 3.70. The van der Waals surface area contributed by atoms with Crippen molar-refractivity contribution in [1.82, 2.24) is 4.90 Å². The average Bonchev–Trinajstić information content (AvgIpc) is 2.80. The highest BCUT2D eigenvalue weighted by atomic mass is 32.2. The first-order valence-corrected chi connectivity index (χ1v) is 7.59. The minimum Gasteiger partial charge on any atom is -0.284 e. The number of hydrogen-bond acceptors (Lipinski definition) is 6. The number of carbonyl (C=O) groups is 1. The Hall–Kier alpha value is -2.22. The fourth-order valence-corrected chi connectivity index (χ4v) is 2.92. The number of thioether (sulfide) groups is 1. The lowest BCUT2D eigenvalue weighted by atomic mass is 10.1. The Balaban J connectivity index is 2.13. The van der Waals surface area contributed by atoms with Crippen LogP contribution < -0.4 is 0 Å². The van der Waals surface area contributed by atoms with Crippen LogP contribution >= 0.6 is 11.8 Å². The zero-order valence-electron chi connectivity index (χ0n) is 12.5. The summed E-state index contributed by atoms with van der Waals surface area (Å²) in [6, 6.07) is 6.00. The SMILES string of the molecule is CC(C)(C)N1C(=O)CSC1=NN=Cc1ccc([N+](=O)[O-])cc1. The van der Waals surface area contributed by atoms with Gasteiger partial charge in [0.05, 0.1) is 16.9 Å². The third-order valence-electron chi connectivity index (χ3n) is 2.89. The molecule has 1 heterocycles. The number of nitro benzene ring substituents is 1. The molecule has 0 saturated carbocycles. The number of amidine groups is 1. The molecule has 0 aromatic heterocycles.